The second kappa shape index (κ2) is 24.5. The van der Waals surface area contributed by atoms with E-state index in [2.05, 4.69) is 6.92 Å². The highest BCUT2D eigenvalue weighted by atomic mass is 16.5. The van der Waals surface area contributed by atoms with Crippen molar-refractivity contribution in [1.29, 1.82) is 0 Å². The van der Waals surface area contributed by atoms with E-state index in [1.54, 1.807) is 39.0 Å². The molecular weight excluding hydrogens is 468 g/mol. The molecule has 6 nitrogen and oxygen atoms in total. The number of esters is 3. The molecule has 1 rings (SSSR count). The molecule has 0 N–H and O–H groups in total. The number of hydrogen-bond donors (Lipinski definition) is 0. The van der Waals surface area contributed by atoms with E-state index in [0.29, 0.717) is 36.5 Å². The molecule has 0 amide bonds. The molecular formula is C31H48O6. The Morgan fingerprint density at radius 3 is 1.51 bits per heavy atom. The first-order valence-electron chi connectivity index (χ1n) is 13.1. The van der Waals surface area contributed by atoms with Gasteiger partial charge in [-0.25, -0.2) is 14.4 Å². The van der Waals surface area contributed by atoms with E-state index in [-0.39, 0.29) is 17.9 Å². The molecule has 6 heteroatoms. The zero-order valence-corrected chi connectivity index (χ0v) is 24.2. The van der Waals surface area contributed by atoms with Crippen molar-refractivity contribution in [3.05, 3.63) is 70.8 Å². The van der Waals surface area contributed by atoms with Gasteiger partial charge in [-0.1, -0.05) is 81.7 Å². The summed E-state index contributed by atoms with van der Waals surface area (Å²) in [5.41, 5.74) is 3.01. The molecule has 37 heavy (non-hydrogen) atoms. The van der Waals surface area contributed by atoms with Crippen LogP contribution in [-0.4, -0.2) is 31.1 Å². The first kappa shape index (κ1) is 36.0. The van der Waals surface area contributed by atoms with Gasteiger partial charge in [0.1, 0.15) is 6.61 Å². The molecule has 0 radical (unpaired) electrons. The minimum absolute atomic E-state index is 0.181. The summed E-state index contributed by atoms with van der Waals surface area (Å²) < 4.78 is 14.9. The van der Waals surface area contributed by atoms with Crippen LogP contribution in [0.4, 0.5) is 0 Å². The molecule has 0 aliphatic heterocycles. The SMILES string of the molecule is CC=C(C)C(=O)OCCC.CC=C(C)C(=O)OCCCCCC.CC=C(C)C(=O)OCc1ccccc1. The predicted octanol–water partition coefficient (Wildman–Crippen LogP) is 7.68. The van der Waals surface area contributed by atoms with Crippen molar-refractivity contribution < 1.29 is 28.6 Å². The van der Waals surface area contributed by atoms with Gasteiger partial charge in [-0.3, -0.25) is 0 Å². The largest absolute Gasteiger partial charge is 0.462 e. The lowest BCUT2D eigenvalue weighted by atomic mass is 10.2. The fourth-order valence-electron chi connectivity index (χ4n) is 2.31. The van der Waals surface area contributed by atoms with Crippen molar-refractivity contribution in [2.75, 3.05) is 13.2 Å². The summed E-state index contributed by atoms with van der Waals surface area (Å²) in [6, 6.07) is 9.64. The lowest BCUT2D eigenvalue weighted by Crippen LogP contribution is -2.06. The normalized spacial score (nSPS) is 11.3. The van der Waals surface area contributed by atoms with Gasteiger partial charge < -0.3 is 14.2 Å². The highest BCUT2D eigenvalue weighted by Crippen LogP contribution is 2.04. The van der Waals surface area contributed by atoms with Crippen molar-refractivity contribution in [3.63, 3.8) is 0 Å². The lowest BCUT2D eigenvalue weighted by molar-refractivity contribution is -0.140. The third-order valence-electron chi connectivity index (χ3n) is 5.15. The van der Waals surface area contributed by atoms with E-state index in [9.17, 15) is 14.4 Å². The predicted molar refractivity (Wildman–Crippen MR) is 151 cm³/mol. The molecule has 1 aromatic rings. The minimum atomic E-state index is -0.253. The Balaban J connectivity index is 0. The highest BCUT2D eigenvalue weighted by molar-refractivity contribution is 5.88. The van der Waals surface area contributed by atoms with Crippen molar-refractivity contribution in [3.8, 4) is 0 Å². The van der Waals surface area contributed by atoms with Crippen LogP contribution in [0.25, 0.3) is 0 Å². The van der Waals surface area contributed by atoms with Gasteiger partial charge in [0.15, 0.2) is 0 Å². The van der Waals surface area contributed by atoms with Gasteiger partial charge in [-0.2, -0.15) is 0 Å². The van der Waals surface area contributed by atoms with E-state index in [1.165, 1.54) is 12.8 Å². The van der Waals surface area contributed by atoms with Crippen LogP contribution in [0, 0.1) is 0 Å². The summed E-state index contributed by atoms with van der Waals surface area (Å²) >= 11 is 0. The fraction of sp³-hybridized carbons (Fsp3) is 0.516. The van der Waals surface area contributed by atoms with Crippen LogP contribution < -0.4 is 0 Å². The second-order valence-electron chi connectivity index (χ2n) is 8.31. The van der Waals surface area contributed by atoms with E-state index in [0.717, 1.165) is 24.8 Å². The number of carbonyl (C=O) groups is 3. The Morgan fingerprint density at radius 1 is 0.622 bits per heavy atom. The molecule has 0 unspecified atom stereocenters. The number of hydrogen-bond acceptors (Lipinski definition) is 6. The molecule has 0 heterocycles. The van der Waals surface area contributed by atoms with Crippen molar-refractivity contribution >= 4 is 17.9 Å². The Kier molecular flexibility index (Phi) is 23.9. The summed E-state index contributed by atoms with van der Waals surface area (Å²) in [5.74, 6) is -0.639. The van der Waals surface area contributed by atoms with Crippen LogP contribution >= 0.6 is 0 Å². The number of ether oxygens (including phenoxy) is 3. The summed E-state index contributed by atoms with van der Waals surface area (Å²) in [5, 5.41) is 0. The van der Waals surface area contributed by atoms with Crippen LogP contribution in [0.2, 0.25) is 0 Å². The van der Waals surface area contributed by atoms with E-state index in [1.807, 2.05) is 58.0 Å². The van der Waals surface area contributed by atoms with Gasteiger partial charge in [0, 0.05) is 16.7 Å². The summed E-state index contributed by atoms with van der Waals surface area (Å²) in [7, 11) is 0. The van der Waals surface area contributed by atoms with Gasteiger partial charge in [0.05, 0.1) is 13.2 Å². The Hall–Kier alpha value is -3.15. The Labute approximate surface area is 224 Å². The number of benzene rings is 1. The molecule has 1 aromatic carbocycles. The maximum atomic E-state index is 11.3. The molecule has 0 aromatic heterocycles. The molecule has 0 aliphatic rings. The number of rotatable bonds is 12. The van der Waals surface area contributed by atoms with Crippen molar-refractivity contribution in [2.45, 2.75) is 94.1 Å². The number of carbonyl (C=O) groups excluding carboxylic acids is 3. The monoisotopic (exact) mass is 516 g/mol. The smallest absolute Gasteiger partial charge is 0.333 e. The van der Waals surface area contributed by atoms with Crippen LogP contribution in [0.15, 0.2) is 65.3 Å². The fourth-order valence-corrected chi connectivity index (χ4v) is 2.31. The number of allylic oxidation sites excluding steroid dienone is 3. The summed E-state index contributed by atoms with van der Waals surface area (Å²) in [6.07, 6.45) is 10.7. The molecule has 208 valence electrons. The number of unbranched alkanes of at least 4 members (excludes halogenated alkanes) is 3. The molecule has 0 atom stereocenters. The van der Waals surface area contributed by atoms with Gasteiger partial charge in [-0.05, 0) is 59.9 Å². The molecule has 0 fully saturated rings. The molecule has 0 spiro atoms. The Bertz CT molecular complexity index is 850. The van der Waals surface area contributed by atoms with Crippen LogP contribution in [0.1, 0.15) is 93.1 Å². The average molecular weight is 517 g/mol. The lowest BCUT2D eigenvalue weighted by Gasteiger charge is -2.04. The first-order valence-corrected chi connectivity index (χ1v) is 13.1. The molecule has 0 bridgehead atoms. The molecule has 0 saturated carbocycles. The van der Waals surface area contributed by atoms with Crippen LogP contribution in [-0.2, 0) is 35.2 Å². The topological polar surface area (TPSA) is 78.9 Å². The zero-order chi connectivity index (χ0) is 28.5. The van der Waals surface area contributed by atoms with Crippen molar-refractivity contribution in [2.24, 2.45) is 0 Å². The quantitative estimate of drug-likeness (QED) is 0.123. The van der Waals surface area contributed by atoms with Gasteiger partial charge in [0.25, 0.3) is 0 Å². The van der Waals surface area contributed by atoms with E-state index in [4.69, 9.17) is 14.2 Å². The summed E-state index contributed by atoms with van der Waals surface area (Å²) in [6.45, 7) is 16.3. The molecule has 0 aliphatic carbocycles. The maximum Gasteiger partial charge on any atom is 0.333 e. The van der Waals surface area contributed by atoms with Gasteiger partial charge in [0.2, 0.25) is 0 Å². The minimum Gasteiger partial charge on any atom is -0.462 e. The maximum absolute atomic E-state index is 11.3. The summed E-state index contributed by atoms with van der Waals surface area (Å²) in [4.78, 5) is 33.2. The van der Waals surface area contributed by atoms with Gasteiger partial charge >= 0.3 is 17.9 Å². The zero-order valence-electron chi connectivity index (χ0n) is 24.2. The van der Waals surface area contributed by atoms with Crippen LogP contribution in [0.5, 0.6) is 0 Å². The van der Waals surface area contributed by atoms with Crippen LogP contribution in [0.3, 0.4) is 0 Å². The first-order chi connectivity index (χ1) is 17.7. The third-order valence-corrected chi connectivity index (χ3v) is 5.15. The average Bonchev–Trinajstić information content (AvgIpc) is 2.94. The van der Waals surface area contributed by atoms with Crippen molar-refractivity contribution in [1.82, 2.24) is 0 Å². The van der Waals surface area contributed by atoms with Gasteiger partial charge in [-0.15, -0.1) is 0 Å². The standard InChI is InChI=1S/C12H14O2.C11H20O2.C8H14O2/c1-3-10(2)12(13)14-9-11-7-5-4-6-8-11;1-4-6-7-8-9-13-11(12)10(3)5-2;1-4-6-10-8(9)7(3)5-2/h3-8H,9H2,1-2H3;5H,4,6-9H2,1-3H3;5H,4,6H2,1-3H3. The second-order valence-corrected chi connectivity index (χ2v) is 8.31. The third kappa shape index (κ3) is 20.7. The highest BCUT2D eigenvalue weighted by Gasteiger charge is 2.04. The Morgan fingerprint density at radius 2 is 1.08 bits per heavy atom. The van der Waals surface area contributed by atoms with E-state index < -0.39 is 0 Å². The molecule has 0 saturated heterocycles. The van der Waals surface area contributed by atoms with E-state index >= 15 is 0 Å².